The van der Waals surface area contributed by atoms with Gasteiger partial charge in [0.1, 0.15) is 5.82 Å². The van der Waals surface area contributed by atoms with Gasteiger partial charge < -0.3 is 4.74 Å². The molecule has 0 radical (unpaired) electrons. The van der Waals surface area contributed by atoms with E-state index in [4.69, 9.17) is 4.74 Å². The highest BCUT2D eigenvalue weighted by molar-refractivity contribution is 5.65. The van der Waals surface area contributed by atoms with Crippen LogP contribution < -0.4 is 4.74 Å². The monoisotopic (exact) mass is 220 g/mol. The van der Waals surface area contributed by atoms with Gasteiger partial charge in [0.25, 0.3) is 0 Å². The van der Waals surface area contributed by atoms with Crippen LogP contribution in [0.4, 0.5) is 8.78 Å². The quantitative estimate of drug-likeness (QED) is 0.750. The molecule has 0 bridgehead atoms. The third-order valence-electron chi connectivity index (χ3n) is 2.34. The third-order valence-corrected chi connectivity index (χ3v) is 2.34. The van der Waals surface area contributed by atoms with Crippen molar-refractivity contribution in [2.75, 3.05) is 7.11 Å². The van der Waals surface area contributed by atoms with Gasteiger partial charge >= 0.3 is 0 Å². The fourth-order valence-corrected chi connectivity index (χ4v) is 1.52. The third kappa shape index (κ3) is 1.89. The molecule has 16 heavy (non-hydrogen) atoms. The first-order chi connectivity index (χ1) is 7.72. The molecule has 0 atom stereocenters. The van der Waals surface area contributed by atoms with Gasteiger partial charge in [-0.2, -0.15) is 0 Å². The maximum absolute atomic E-state index is 13.8. The predicted molar refractivity (Wildman–Crippen MR) is 58.3 cm³/mol. The molecule has 2 aromatic rings. The summed E-state index contributed by atoms with van der Waals surface area (Å²) >= 11 is 0. The number of halogens is 2. The van der Waals surface area contributed by atoms with E-state index in [2.05, 4.69) is 0 Å². The molecular weight excluding hydrogens is 210 g/mol. The van der Waals surface area contributed by atoms with E-state index in [1.54, 1.807) is 18.2 Å². The Labute approximate surface area is 92.3 Å². The van der Waals surface area contributed by atoms with Crippen molar-refractivity contribution in [3.63, 3.8) is 0 Å². The average molecular weight is 220 g/mol. The number of rotatable bonds is 2. The van der Waals surface area contributed by atoms with Crippen molar-refractivity contribution in [1.82, 2.24) is 0 Å². The van der Waals surface area contributed by atoms with E-state index in [9.17, 15) is 8.78 Å². The molecule has 0 aromatic heterocycles. The van der Waals surface area contributed by atoms with Crippen molar-refractivity contribution in [3.05, 3.63) is 54.1 Å². The second-order valence-corrected chi connectivity index (χ2v) is 3.33. The van der Waals surface area contributed by atoms with Gasteiger partial charge in [-0.15, -0.1) is 0 Å². The number of hydrogen-bond donors (Lipinski definition) is 0. The molecule has 3 heteroatoms. The highest BCUT2D eigenvalue weighted by atomic mass is 19.1. The van der Waals surface area contributed by atoms with Crippen molar-refractivity contribution in [2.24, 2.45) is 0 Å². The van der Waals surface area contributed by atoms with E-state index in [0.29, 0.717) is 11.1 Å². The molecule has 0 heterocycles. The summed E-state index contributed by atoms with van der Waals surface area (Å²) < 4.78 is 31.5. The number of benzene rings is 2. The topological polar surface area (TPSA) is 9.23 Å². The van der Waals surface area contributed by atoms with Crippen molar-refractivity contribution in [1.29, 1.82) is 0 Å². The molecule has 0 saturated heterocycles. The lowest BCUT2D eigenvalue weighted by atomic mass is 10.0. The molecule has 0 fully saturated rings. The van der Waals surface area contributed by atoms with Gasteiger partial charge in [-0.25, -0.2) is 8.78 Å². The van der Waals surface area contributed by atoms with Crippen molar-refractivity contribution in [2.45, 2.75) is 0 Å². The van der Waals surface area contributed by atoms with Crippen LogP contribution in [0.1, 0.15) is 0 Å². The van der Waals surface area contributed by atoms with Crippen LogP contribution in [0, 0.1) is 11.6 Å². The zero-order valence-corrected chi connectivity index (χ0v) is 8.71. The van der Waals surface area contributed by atoms with Gasteiger partial charge in [-0.05, 0) is 23.8 Å². The minimum atomic E-state index is -0.434. The summed E-state index contributed by atoms with van der Waals surface area (Å²) in [5.41, 5.74) is 1.03. The summed E-state index contributed by atoms with van der Waals surface area (Å²) in [4.78, 5) is 0. The fourth-order valence-electron chi connectivity index (χ4n) is 1.52. The molecule has 0 aliphatic heterocycles. The van der Waals surface area contributed by atoms with Crippen LogP contribution in [0.2, 0.25) is 0 Å². The summed E-state index contributed by atoms with van der Waals surface area (Å²) in [6.07, 6.45) is 0. The second kappa shape index (κ2) is 4.31. The summed E-state index contributed by atoms with van der Waals surface area (Å²) in [5.74, 6) is -0.592. The van der Waals surface area contributed by atoms with Gasteiger partial charge in [-0.3, -0.25) is 0 Å². The molecule has 2 aromatic carbocycles. The van der Waals surface area contributed by atoms with Crippen LogP contribution >= 0.6 is 0 Å². The van der Waals surface area contributed by atoms with E-state index in [1.807, 2.05) is 0 Å². The van der Waals surface area contributed by atoms with Crippen LogP contribution in [0.3, 0.4) is 0 Å². The van der Waals surface area contributed by atoms with E-state index in [0.717, 1.165) is 0 Å². The Morgan fingerprint density at radius 1 is 0.938 bits per heavy atom. The van der Waals surface area contributed by atoms with Crippen LogP contribution in [0.25, 0.3) is 11.1 Å². The molecule has 0 saturated carbocycles. The van der Waals surface area contributed by atoms with Gasteiger partial charge in [0, 0.05) is 5.56 Å². The van der Waals surface area contributed by atoms with Gasteiger partial charge in [-0.1, -0.05) is 24.3 Å². The van der Waals surface area contributed by atoms with E-state index in [-0.39, 0.29) is 11.6 Å². The van der Waals surface area contributed by atoms with Crippen LogP contribution in [0.15, 0.2) is 42.5 Å². The first-order valence-electron chi connectivity index (χ1n) is 4.81. The van der Waals surface area contributed by atoms with E-state index in [1.165, 1.54) is 31.4 Å². The Balaban J connectivity index is 2.51. The highest BCUT2D eigenvalue weighted by Gasteiger charge is 2.09. The maximum atomic E-state index is 13.8. The molecule has 0 N–H and O–H groups in total. The maximum Gasteiger partial charge on any atom is 0.172 e. The largest absolute Gasteiger partial charge is 0.494 e. The molecule has 0 amide bonds. The van der Waals surface area contributed by atoms with Crippen LogP contribution in [0.5, 0.6) is 5.75 Å². The zero-order chi connectivity index (χ0) is 11.5. The Kier molecular flexibility index (Phi) is 2.86. The number of hydrogen-bond acceptors (Lipinski definition) is 1. The van der Waals surface area contributed by atoms with Gasteiger partial charge in [0.2, 0.25) is 0 Å². The molecule has 0 aliphatic carbocycles. The molecule has 2 rings (SSSR count). The summed E-state index contributed by atoms with van der Waals surface area (Å²) in [6.45, 7) is 0. The lowest BCUT2D eigenvalue weighted by Crippen LogP contribution is -1.91. The van der Waals surface area contributed by atoms with Gasteiger partial charge in [0.05, 0.1) is 7.11 Å². The van der Waals surface area contributed by atoms with E-state index < -0.39 is 5.82 Å². The molecular formula is C13H10F2O. The predicted octanol–water partition coefficient (Wildman–Crippen LogP) is 3.64. The number of ether oxygens (including phenoxy) is 1. The molecule has 0 spiro atoms. The van der Waals surface area contributed by atoms with Gasteiger partial charge in [0.15, 0.2) is 11.6 Å². The molecule has 82 valence electrons. The lowest BCUT2D eigenvalue weighted by Gasteiger charge is -2.07. The molecule has 1 nitrogen and oxygen atoms in total. The van der Waals surface area contributed by atoms with Crippen LogP contribution in [-0.2, 0) is 0 Å². The lowest BCUT2D eigenvalue weighted by molar-refractivity contribution is 0.387. The molecule has 0 aliphatic rings. The van der Waals surface area contributed by atoms with Crippen molar-refractivity contribution < 1.29 is 13.5 Å². The minimum Gasteiger partial charge on any atom is -0.494 e. The number of methoxy groups -OCH3 is 1. The normalized spacial score (nSPS) is 10.2. The Hall–Kier alpha value is -1.90. The first kappa shape index (κ1) is 10.6. The SMILES string of the molecule is COc1cccc(-c2ccc(F)cc2)c1F. The Morgan fingerprint density at radius 2 is 1.62 bits per heavy atom. The minimum absolute atomic E-state index is 0.182. The van der Waals surface area contributed by atoms with Crippen molar-refractivity contribution >= 4 is 0 Å². The summed E-state index contributed by atoms with van der Waals surface area (Å²) in [5, 5.41) is 0. The summed E-state index contributed by atoms with van der Waals surface area (Å²) in [7, 11) is 1.41. The smallest absolute Gasteiger partial charge is 0.172 e. The summed E-state index contributed by atoms with van der Waals surface area (Å²) in [6, 6.07) is 10.5. The fraction of sp³-hybridized carbons (Fsp3) is 0.0769. The highest BCUT2D eigenvalue weighted by Crippen LogP contribution is 2.28. The average Bonchev–Trinajstić information content (AvgIpc) is 2.31. The molecule has 0 unspecified atom stereocenters. The second-order valence-electron chi connectivity index (χ2n) is 3.33. The van der Waals surface area contributed by atoms with Crippen LogP contribution in [-0.4, -0.2) is 7.11 Å². The Bertz CT molecular complexity index is 492. The van der Waals surface area contributed by atoms with E-state index >= 15 is 0 Å². The first-order valence-corrected chi connectivity index (χ1v) is 4.81. The van der Waals surface area contributed by atoms with Crippen molar-refractivity contribution in [3.8, 4) is 16.9 Å². The Morgan fingerprint density at radius 3 is 2.25 bits per heavy atom. The zero-order valence-electron chi connectivity index (χ0n) is 8.71. The standard InChI is InChI=1S/C13H10F2O/c1-16-12-4-2-3-11(13(12)15)9-5-7-10(14)8-6-9/h2-8H,1H3.